The van der Waals surface area contributed by atoms with Gasteiger partial charge in [-0.3, -0.25) is 4.98 Å². The van der Waals surface area contributed by atoms with Crippen LogP contribution in [0.2, 0.25) is 0 Å². The Bertz CT molecular complexity index is 1420. The first kappa shape index (κ1) is 19.6. The summed E-state index contributed by atoms with van der Waals surface area (Å²) in [5.74, 6) is -0.173. The second-order valence-electron chi connectivity index (χ2n) is 6.91. The van der Waals surface area contributed by atoms with E-state index in [0.29, 0.717) is 11.4 Å². The number of aromatic nitrogens is 3. The van der Waals surface area contributed by atoms with Crippen LogP contribution in [0.25, 0.3) is 21.1 Å². The maximum Gasteiger partial charge on any atom is 0.347 e. The lowest BCUT2D eigenvalue weighted by Crippen LogP contribution is -1.97. The normalized spacial score (nSPS) is 11.3. The monoisotopic (exact) mass is 447 g/mol. The molecule has 0 radical (unpaired) electrons. The van der Waals surface area contributed by atoms with Crippen LogP contribution >= 0.6 is 23.1 Å². The molecule has 1 N–H and O–H groups in total. The van der Waals surface area contributed by atoms with Crippen molar-refractivity contribution < 1.29 is 14.6 Å². The summed E-state index contributed by atoms with van der Waals surface area (Å²) in [6, 6.07) is 15.7. The summed E-state index contributed by atoms with van der Waals surface area (Å²) in [7, 11) is 1.62. The lowest BCUT2D eigenvalue weighted by Gasteiger charge is -2.06. The van der Waals surface area contributed by atoms with Crippen LogP contribution < -0.4 is 4.74 Å². The molecule has 5 aromatic rings. The number of pyridine rings is 1. The lowest BCUT2D eigenvalue weighted by atomic mass is 10.1. The van der Waals surface area contributed by atoms with Gasteiger partial charge in [-0.2, -0.15) is 0 Å². The van der Waals surface area contributed by atoms with E-state index in [1.807, 2.05) is 42.5 Å². The van der Waals surface area contributed by atoms with E-state index in [4.69, 9.17) is 4.74 Å². The second kappa shape index (κ2) is 8.05. The molecule has 0 unspecified atom stereocenters. The lowest BCUT2D eigenvalue weighted by molar-refractivity contribution is 0.0699. The maximum atomic E-state index is 11.9. The molecule has 0 bridgehead atoms. The molecule has 0 aliphatic rings. The highest BCUT2D eigenvalue weighted by Gasteiger charge is 2.19. The molecule has 6 nitrogen and oxygen atoms in total. The van der Waals surface area contributed by atoms with Crippen LogP contribution in [0.5, 0.6) is 5.75 Å². The van der Waals surface area contributed by atoms with E-state index in [1.165, 1.54) is 23.1 Å². The molecule has 0 saturated carbocycles. The maximum absolute atomic E-state index is 11.9. The quantitative estimate of drug-likeness (QED) is 0.368. The Morgan fingerprint density at radius 2 is 2.13 bits per heavy atom. The number of carbonyl (C=O) groups is 1. The van der Waals surface area contributed by atoms with Gasteiger partial charge in [-0.15, -0.1) is 11.3 Å². The molecule has 0 aliphatic carbocycles. The number of thiophene rings is 1. The predicted octanol–water partition coefficient (Wildman–Crippen LogP) is 5.55. The molecule has 3 aromatic heterocycles. The molecule has 0 amide bonds. The van der Waals surface area contributed by atoms with Gasteiger partial charge in [0.2, 0.25) is 0 Å². The minimum absolute atomic E-state index is 0.346. The van der Waals surface area contributed by atoms with Crippen LogP contribution in [0.4, 0.5) is 0 Å². The summed E-state index contributed by atoms with van der Waals surface area (Å²) in [5.41, 5.74) is 2.95. The summed E-state index contributed by atoms with van der Waals surface area (Å²) in [5, 5.41) is 10.7. The molecule has 31 heavy (non-hydrogen) atoms. The van der Waals surface area contributed by atoms with Gasteiger partial charge in [-0.1, -0.05) is 30.0 Å². The predicted molar refractivity (Wildman–Crippen MR) is 123 cm³/mol. The van der Waals surface area contributed by atoms with Gasteiger partial charge in [-0.25, -0.2) is 9.78 Å². The average Bonchev–Trinajstić information content (AvgIpc) is 3.35. The molecule has 0 spiro atoms. The number of benzene rings is 2. The van der Waals surface area contributed by atoms with Crippen LogP contribution in [0.15, 0.2) is 77.0 Å². The number of ether oxygens (including phenoxy) is 1. The molecule has 3 heterocycles. The van der Waals surface area contributed by atoms with Gasteiger partial charge in [0.25, 0.3) is 0 Å². The summed E-state index contributed by atoms with van der Waals surface area (Å²) in [6.07, 6.45) is 5.30. The van der Waals surface area contributed by atoms with Crippen molar-refractivity contribution in [2.24, 2.45) is 0 Å². The summed E-state index contributed by atoms with van der Waals surface area (Å²) in [4.78, 5) is 22.5. The highest BCUT2D eigenvalue weighted by Crippen LogP contribution is 2.42. The summed E-state index contributed by atoms with van der Waals surface area (Å²) in [6.45, 7) is 0.648. The first-order valence-electron chi connectivity index (χ1n) is 9.48. The molecule has 0 saturated heterocycles. The fourth-order valence-electron chi connectivity index (χ4n) is 3.48. The average molecular weight is 448 g/mol. The van der Waals surface area contributed by atoms with Gasteiger partial charge in [-0.05, 0) is 35.9 Å². The molecular weight excluding hydrogens is 430 g/mol. The standard InChI is InChI=1S/C23H17N3O3S2/c1-29-15-3-2-4-16(10-15)30-21-17-6-5-14(9-20(17)31-22(21)23(27)28)12-26-13-25-18-11-24-8-7-19(18)26/h2-11,13H,12H2,1H3,(H,27,28). The fourth-order valence-corrected chi connectivity index (χ4v) is 5.82. The Hall–Kier alpha value is -3.36. The molecule has 0 aliphatic heterocycles. The Morgan fingerprint density at radius 3 is 2.97 bits per heavy atom. The van der Waals surface area contributed by atoms with E-state index in [-0.39, 0.29) is 0 Å². The van der Waals surface area contributed by atoms with Crippen molar-refractivity contribution in [3.63, 3.8) is 0 Å². The Balaban J connectivity index is 1.53. The number of rotatable bonds is 6. The molecule has 154 valence electrons. The van der Waals surface area contributed by atoms with Gasteiger partial charge in [0.05, 0.1) is 25.2 Å². The third-order valence-electron chi connectivity index (χ3n) is 4.94. The molecular formula is C23H17N3O3S2. The van der Waals surface area contributed by atoms with Crippen molar-refractivity contribution in [1.82, 2.24) is 14.5 Å². The zero-order valence-corrected chi connectivity index (χ0v) is 18.1. The van der Waals surface area contributed by atoms with E-state index in [1.54, 1.807) is 25.8 Å². The van der Waals surface area contributed by atoms with Crippen molar-refractivity contribution >= 4 is 50.2 Å². The number of fused-ring (bicyclic) bond motifs is 2. The highest BCUT2D eigenvalue weighted by atomic mass is 32.2. The van der Waals surface area contributed by atoms with E-state index in [2.05, 4.69) is 20.6 Å². The summed E-state index contributed by atoms with van der Waals surface area (Å²) < 4.78 is 8.31. The third-order valence-corrected chi connectivity index (χ3v) is 7.33. The van der Waals surface area contributed by atoms with E-state index < -0.39 is 5.97 Å². The van der Waals surface area contributed by atoms with Crippen molar-refractivity contribution in [3.8, 4) is 5.75 Å². The van der Waals surface area contributed by atoms with Gasteiger partial charge in [0, 0.05) is 32.6 Å². The van der Waals surface area contributed by atoms with Gasteiger partial charge in [0.15, 0.2) is 0 Å². The van der Waals surface area contributed by atoms with Crippen LogP contribution in [-0.4, -0.2) is 32.7 Å². The molecule has 0 fully saturated rings. The van der Waals surface area contributed by atoms with Crippen LogP contribution in [-0.2, 0) is 6.54 Å². The van der Waals surface area contributed by atoms with E-state index in [9.17, 15) is 9.90 Å². The highest BCUT2D eigenvalue weighted by molar-refractivity contribution is 7.99. The smallest absolute Gasteiger partial charge is 0.347 e. The van der Waals surface area contributed by atoms with Gasteiger partial charge in [0.1, 0.15) is 16.1 Å². The number of hydrogen-bond donors (Lipinski definition) is 1. The van der Waals surface area contributed by atoms with E-state index >= 15 is 0 Å². The fraction of sp³-hybridized carbons (Fsp3) is 0.0870. The number of imidazole rings is 1. The zero-order valence-electron chi connectivity index (χ0n) is 16.5. The number of nitrogens with zero attached hydrogens (tertiary/aromatic N) is 3. The number of aromatic carboxylic acids is 1. The van der Waals surface area contributed by atoms with Gasteiger partial charge >= 0.3 is 5.97 Å². The van der Waals surface area contributed by atoms with Crippen molar-refractivity contribution in [1.29, 1.82) is 0 Å². The summed E-state index contributed by atoms with van der Waals surface area (Å²) >= 11 is 2.75. The first-order valence-corrected chi connectivity index (χ1v) is 11.1. The minimum Gasteiger partial charge on any atom is -0.497 e. The van der Waals surface area contributed by atoms with E-state index in [0.717, 1.165) is 42.2 Å². The zero-order chi connectivity index (χ0) is 21.4. The van der Waals surface area contributed by atoms with Crippen LogP contribution in [0.3, 0.4) is 0 Å². The van der Waals surface area contributed by atoms with Crippen LogP contribution in [0, 0.1) is 0 Å². The van der Waals surface area contributed by atoms with Crippen molar-refractivity contribution in [2.45, 2.75) is 16.3 Å². The Kier molecular flexibility index (Phi) is 5.09. The number of methoxy groups -OCH3 is 1. The topological polar surface area (TPSA) is 77.2 Å². The molecule has 2 aromatic carbocycles. The van der Waals surface area contributed by atoms with Crippen LogP contribution in [0.1, 0.15) is 15.2 Å². The third kappa shape index (κ3) is 3.75. The second-order valence-corrected chi connectivity index (χ2v) is 9.05. The number of carboxylic acid groups (broad SMARTS) is 1. The van der Waals surface area contributed by atoms with Crippen molar-refractivity contribution in [3.05, 3.63) is 77.7 Å². The molecule has 5 rings (SSSR count). The largest absolute Gasteiger partial charge is 0.497 e. The van der Waals surface area contributed by atoms with Crippen molar-refractivity contribution in [2.75, 3.05) is 7.11 Å². The number of hydrogen-bond acceptors (Lipinski definition) is 6. The minimum atomic E-state index is -0.916. The van der Waals surface area contributed by atoms with Gasteiger partial charge < -0.3 is 14.4 Å². The molecule has 0 atom stereocenters. The Labute approximate surface area is 186 Å². The first-order chi connectivity index (χ1) is 15.1. The molecule has 8 heteroatoms. The SMILES string of the molecule is COc1cccc(Sc2c(C(=O)O)sc3cc(Cn4cnc5cnccc54)ccc23)c1. The number of carboxylic acids is 1. The Morgan fingerprint density at radius 1 is 1.23 bits per heavy atom.